The molecule has 9 nitrogen and oxygen atoms in total. The lowest BCUT2D eigenvalue weighted by atomic mass is 9.94. The van der Waals surface area contributed by atoms with Gasteiger partial charge in [-0.3, -0.25) is 14.5 Å². The standard InChI is InChI=1S/C28H23NO8/c30-24-18-13-7-8-14-19(18)25(31)29(24)21-23(36-26(32)16-9-3-1-4-10-16)22-20(35-27(21)33)15-34-28(37-22)17-11-5-2-6-12-17/h1-14,20-23,27-28,33H,15H2/t20-,21-,22-,23-,27-,28-/m1/s1. The van der Waals surface area contributed by atoms with Crippen molar-refractivity contribution in [2.75, 3.05) is 6.61 Å². The molecule has 6 rings (SSSR count). The quantitative estimate of drug-likeness (QED) is 0.429. The first-order valence-electron chi connectivity index (χ1n) is 11.9. The second-order valence-corrected chi connectivity index (χ2v) is 8.99. The number of carbonyl (C=O) groups excluding carboxylic acids is 3. The Morgan fingerprint density at radius 3 is 2.08 bits per heavy atom. The second-order valence-electron chi connectivity index (χ2n) is 8.99. The van der Waals surface area contributed by atoms with Gasteiger partial charge >= 0.3 is 5.97 Å². The summed E-state index contributed by atoms with van der Waals surface area (Å²) in [6, 6.07) is 22.5. The molecule has 3 heterocycles. The summed E-state index contributed by atoms with van der Waals surface area (Å²) < 4.78 is 23.8. The fourth-order valence-corrected chi connectivity index (χ4v) is 5.01. The Hall–Kier alpha value is -3.89. The number of imide groups is 1. The van der Waals surface area contributed by atoms with Gasteiger partial charge in [0.25, 0.3) is 11.8 Å². The Morgan fingerprint density at radius 2 is 1.43 bits per heavy atom. The normalized spacial score (nSPS) is 28.9. The van der Waals surface area contributed by atoms with E-state index in [0.29, 0.717) is 0 Å². The van der Waals surface area contributed by atoms with E-state index in [0.717, 1.165) is 10.5 Å². The lowest BCUT2D eigenvalue weighted by Gasteiger charge is -2.49. The molecule has 3 aliphatic rings. The summed E-state index contributed by atoms with van der Waals surface area (Å²) in [5.74, 6) is -1.91. The Kier molecular flexibility index (Phi) is 6.05. The number of nitrogens with zero attached hydrogens (tertiary/aromatic N) is 1. The molecular formula is C28H23NO8. The van der Waals surface area contributed by atoms with Gasteiger partial charge in [0.1, 0.15) is 18.2 Å². The fraction of sp³-hybridized carbons (Fsp3) is 0.250. The summed E-state index contributed by atoms with van der Waals surface area (Å²) >= 11 is 0. The van der Waals surface area contributed by atoms with Crippen LogP contribution in [0.15, 0.2) is 84.9 Å². The van der Waals surface area contributed by atoms with Crippen LogP contribution in [-0.2, 0) is 18.9 Å². The average molecular weight is 501 g/mol. The Bertz CT molecular complexity index is 1300. The van der Waals surface area contributed by atoms with Crippen molar-refractivity contribution in [3.05, 3.63) is 107 Å². The first-order chi connectivity index (χ1) is 18.0. The fourth-order valence-electron chi connectivity index (χ4n) is 5.01. The highest BCUT2D eigenvalue weighted by atomic mass is 16.7. The molecule has 9 heteroatoms. The van der Waals surface area contributed by atoms with Crippen molar-refractivity contribution in [3.8, 4) is 0 Å². The zero-order valence-electron chi connectivity index (χ0n) is 19.5. The molecule has 1 N–H and O–H groups in total. The van der Waals surface area contributed by atoms with E-state index in [4.69, 9.17) is 18.9 Å². The number of amides is 2. The number of hydrogen-bond donors (Lipinski definition) is 1. The number of esters is 1. The van der Waals surface area contributed by atoms with Crippen LogP contribution < -0.4 is 0 Å². The Morgan fingerprint density at radius 1 is 0.838 bits per heavy atom. The molecule has 0 radical (unpaired) electrons. The van der Waals surface area contributed by atoms with Crippen LogP contribution in [0.5, 0.6) is 0 Å². The Balaban J connectivity index is 1.38. The van der Waals surface area contributed by atoms with Gasteiger partial charge in [-0.05, 0) is 24.3 Å². The van der Waals surface area contributed by atoms with Crippen LogP contribution in [0, 0.1) is 0 Å². The number of rotatable bonds is 4. The van der Waals surface area contributed by atoms with Crippen LogP contribution in [0.25, 0.3) is 0 Å². The predicted octanol–water partition coefficient (Wildman–Crippen LogP) is 2.71. The largest absolute Gasteiger partial charge is 0.453 e. The van der Waals surface area contributed by atoms with Gasteiger partial charge in [-0.1, -0.05) is 60.7 Å². The van der Waals surface area contributed by atoms with E-state index in [-0.39, 0.29) is 23.3 Å². The molecule has 2 fully saturated rings. The van der Waals surface area contributed by atoms with Crippen LogP contribution >= 0.6 is 0 Å². The third-order valence-electron chi connectivity index (χ3n) is 6.77. The maximum Gasteiger partial charge on any atom is 0.338 e. The van der Waals surface area contributed by atoms with Crippen molar-refractivity contribution in [1.29, 1.82) is 0 Å². The number of aliphatic hydroxyl groups is 1. The summed E-state index contributed by atoms with van der Waals surface area (Å²) in [5, 5.41) is 11.0. The maximum absolute atomic E-state index is 13.3. The van der Waals surface area contributed by atoms with E-state index >= 15 is 0 Å². The van der Waals surface area contributed by atoms with Gasteiger partial charge in [-0.25, -0.2) is 4.79 Å². The van der Waals surface area contributed by atoms with Crippen LogP contribution in [0.2, 0.25) is 0 Å². The van der Waals surface area contributed by atoms with Gasteiger partial charge in [0.15, 0.2) is 18.7 Å². The SMILES string of the molecule is O=C(O[C@H]1[C@@H]2O[C@H](c3ccccc3)OC[C@H]2O[C@@H](O)[C@@H]1N1C(=O)c2ccccc2C1=O)c1ccccc1. The highest BCUT2D eigenvalue weighted by Gasteiger charge is 2.57. The highest BCUT2D eigenvalue weighted by Crippen LogP contribution is 2.39. The number of aliphatic hydroxyl groups excluding tert-OH is 1. The van der Waals surface area contributed by atoms with E-state index < -0.39 is 54.7 Å². The second kappa shape index (κ2) is 9.53. The summed E-state index contributed by atoms with van der Waals surface area (Å²) in [7, 11) is 0. The van der Waals surface area contributed by atoms with Crippen LogP contribution in [0.3, 0.4) is 0 Å². The number of carbonyl (C=O) groups is 3. The van der Waals surface area contributed by atoms with Crippen LogP contribution in [0.4, 0.5) is 0 Å². The lowest BCUT2D eigenvalue weighted by molar-refractivity contribution is -0.341. The molecule has 3 aliphatic heterocycles. The van der Waals surface area contributed by atoms with Crippen molar-refractivity contribution in [1.82, 2.24) is 4.90 Å². The van der Waals surface area contributed by atoms with Crippen LogP contribution in [0.1, 0.15) is 42.9 Å². The summed E-state index contributed by atoms with van der Waals surface area (Å²) in [5.41, 5.74) is 1.40. The number of ether oxygens (including phenoxy) is 4. The Labute approximate surface area is 212 Å². The average Bonchev–Trinajstić information content (AvgIpc) is 3.19. The van der Waals surface area contributed by atoms with E-state index in [2.05, 4.69) is 0 Å². The molecule has 0 spiro atoms. The lowest BCUT2D eigenvalue weighted by Crippen LogP contribution is -2.68. The van der Waals surface area contributed by atoms with Gasteiger partial charge in [0.2, 0.25) is 0 Å². The smallest absolute Gasteiger partial charge is 0.338 e. The zero-order valence-corrected chi connectivity index (χ0v) is 19.5. The third-order valence-corrected chi connectivity index (χ3v) is 6.77. The van der Waals surface area contributed by atoms with Crippen molar-refractivity contribution in [2.45, 2.75) is 36.9 Å². The summed E-state index contributed by atoms with van der Waals surface area (Å²) in [4.78, 5) is 40.7. The summed E-state index contributed by atoms with van der Waals surface area (Å²) in [6.07, 6.45) is -5.43. The molecular weight excluding hydrogens is 478 g/mol. The highest BCUT2D eigenvalue weighted by molar-refractivity contribution is 6.21. The topological polar surface area (TPSA) is 112 Å². The first kappa shape index (κ1) is 23.5. The number of fused-ring (bicyclic) bond motifs is 2. The predicted molar refractivity (Wildman–Crippen MR) is 127 cm³/mol. The van der Waals surface area contributed by atoms with E-state index in [1.165, 1.54) is 12.1 Å². The minimum Gasteiger partial charge on any atom is -0.453 e. The molecule has 2 amide bonds. The van der Waals surface area contributed by atoms with Gasteiger partial charge < -0.3 is 24.1 Å². The molecule has 0 unspecified atom stereocenters. The molecule has 0 saturated carbocycles. The van der Waals surface area contributed by atoms with E-state index in [1.54, 1.807) is 42.5 Å². The summed E-state index contributed by atoms with van der Waals surface area (Å²) in [6.45, 7) is 0.0372. The molecule has 0 bridgehead atoms. The molecule has 188 valence electrons. The molecule has 3 aromatic rings. The molecule has 2 saturated heterocycles. The molecule has 37 heavy (non-hydrogen) atoms. The van der Waals surface area contributed by atoms with Crippen LogP contribution in [-0.4, -0.2) is 65.0 Å². The van der Waals surface area contributed by atoms with Crippen molar-refractivity contribution in [3.63, 3.8) is 0 Å². The van der Waals surface area contributed by atoms with Gasteiger partial charge in [0, 0.05) is 5.56 Å². The minimum absolute atomic E-state index is 0.0372. The minimum atomic E-state index is -1.64. The molecule has 6 atom stereocenters. The van der Waals surface area contributed by atoms with E-state index in [1.807, 2.05) is 30.3 Å². The maximum atomic E-state index is 13.3. The third kappa shape index (κ3) is 4.11. The van der Waals surface area contributed by atoms with Gasteiger partial charge in [0.05, 0.1) is 23.3 Å². The molecule has 0 aromatic heterocycles. The number of benzene rings is 3. The van der Waals surface area contributed by atoms with E-state index in [9.17, 15) is 19.5 Å². The zero-order chi connectivity index (χ0) is 25.5. The first-order valence-corrected chi connectivity index (χ1v) is 11.9. The monoisotopic (exact) mass is 501 g/mol. The van der Waals surface area contributed by atoms with Crippen molar-refractivity contribution < 1.29 is 38.4 Å². The van der Waals surface area contributed by atoms with Gasteiger partial charge in [-0.2, -0.15) is 0 Å². The van der Waals surface area contributed by atoms with Crippen molar-refractivity contribution >= 4 is 17.8 Å². The number of hydrogen-bond acceptors (Lipinski definition) is 8. The molecule has 3 aromatic carbocycles. The molecule has 0 aliphatic carbocycles. The van der Waals surface area contributed by atoms with Gasteiger partial charge in [-0.15, -0.1) is 0 Å². The van der Waals surface area contributed by atoms with Crippen molar-refractivity contribution in [2.24, 2.45) is 0 Å².